The van der Waals surface area contributed by atoms with Gasteiger partial charge in [0.2, 0.25) is 0 Å². The lowest BCUT2D eigenvalue weighted by atomic mass is 9.85. The summed E-state index contributed by atoms with van der Waals surface area (Å²) in [6.07, 6.45) is 7.29. The zero-order valence-electron chi connectivity index (χ0n) is 16.7. The Labute approximate surface area is 174 Å². The molecule has 1 saturated carbocycles. The highest BCUT2D eigenvalue weighted by Crippen LogP contribution is 2.45. The molecule has 6 nitrogen and oxygen atoms in total. The largest absolute Gasteiger partial charge is 0.445 e. The van der Waals surface area contributed by atoms with Crippen molar-refractivity contribution in [3.63, 3.8) is 0 Å². The SMILES string of the molecule is O=C(c1cc2c(s1)C1(CCNCC1)OCC2)N1CCc2oc(C3CCC3)nc2C1. The second-order valence-corrected chi connectivity index (χ2v) is 9.89. The first-order valence-electron chi connectivity index (χ1n) is 11.0. The van der Waals surface area contributed by atoms with E-state index in [1.807, 2.05) is 4.90 Å². The smallest absolute Gasteiger partial charge is 0.264 e. The average Bonchev–Trinajstić information content (AvgIpc) is 3.31. The van der Waals surface area contributed by atoms with Gasteiger partial charge in [-0.1, -0.05) is 6.42 Å². The maximum atomic E-state index is 13.3. The molecule has 29 heavy (non-hydrogen) atoms. The molecule has 1 saturated heterocycles. The van der Waals surface area contributed by atoms with Gasteiger partial charge in [-0.15, -0.1) is 11.3 Å². The minimum absolute atomic E-state index is 0.132. The molecule has 1 N–H and O–H groups in total. The monoisotopic (exact) mass is 413 g/mol. The second-order valence-electron chi connectivity index (χ2n) is 8.83. The quantitative estimate of drug-likeness (QED) is 0.818. The molecule has 0 aromatic carbocycles. The van der Waals surface area contributed by atoms with E-state index in [2.05, 4.69) is 11.4 Å². The Bertz CT molecular complexity index is 939. The fraction of sp³-hybridized carbons (Fsp3) is 0.636. The molecule has 2 fully saturated rings. The lowest BCUT2D eigenvalue weighted by Crippen LogP contribution is -2.44. The zero-order chi connectivity index (χ0) is 19.4. The van der Waals surface area contributed by atoms with E-state index in [9.17, 15) is 4.79 Å². The van der Waals surface area contributed by atoms with Gasteiger partial charge in [0.25, 0.3) is 5.91 Å². The average molecular weight is 414 g/mol. The van der Waals surface area contributed by atoms with Crippen molar-refractivity contribution in [2.24, 2.45) is 0 Å². The summed E-state index contributed by atoms with van der Waals surface area (Å²) in [5.74, 6) is 2.51. The van der Waals surface area contributed by atoms with Crippen molar-refractivity contribution in [1.82, 2.24) is 15.2 Å². The molecule has 5 heterocycles. The summed E-state index contributed by atoms with van der Waals surface area (Å²) >= 11 is 1.66. The second kappa shape index (κ2) is 6.93. The minimum atomic E-state index is -0.180. The number of oxazole rings is 1. The van der Waals surface area contributed by atoms with Gasteiger partial charge in [0.1, 0.15) is 17.1 Å². The maximum Gasteiger partial charge on any atom is 0.264 e. The maximum absolute atomic E-state index is 13.3. The van der Waals surface area contributed by atoms with Gasteiger partial charge in [-0.05, 0) is 56.8 Å². The van der Waals surface area contributed by atoms with Crippen LogP contribution < -0.4 is 5.32 Å². The number of carbonyl (C=O) groups is 1. The van der Waals surface area contributed by atoms with Crippen LogP contribution in [0.25, 0.3) is 0 Å². The molecule has 7 heteroatoms. The molecular weight excluding hydrogens is 386 g/mol. The van der Waals surface area contributed by atoms with Crippen LogP contribution in [0.1, 0.15) is 75.5 Å². The van der Waals surface area contributed by atoms with Crippen LogP contribution >= 0.6 is 11.3 Å². The summed E-state index contributed by atoms with van der Waals surface area (Å²) in [6.45, 7) is 3.99. The molecule has 1 aliphatic carbocycles. The lowest BCUT2D eigenvalue weighted by Gasteiger charge is -2.40. The van der Waals surface area contributed by atoms with Crippen LogP contribution in [0.4, 0.5) is 0 Å². The number of thiophene rings is 1. The molecule has 0 bridgehead atoms. The molecule has 0 atom stereocenters. The summed E-state index contributed by atoms with van der Waals surface area (Å²) in [7, 11) is 0. The van der Waals surface area contributed by atoms with Crippen molar-refractivity contribution in [2.75, 3.05) is 26.2 Å². The van der Waals surface area contributed by atoms with Crippen LogP contribution in [-0.2, 0) is 29.7 Å². The summed E-state index contributed by atoms with van der Waals surface area (Å²) in [5, 5.41) is 3.43. The molecule has 4 aliphatic rings. The van der Waals surface area contributed by atoms with Crippen LogP contribution in [0.5, 0.6) is 0 Å². The molecule has 6 rings (SSSR count). The van der Waals surface area contributed by atoms with Gasteiger partial charge >= 0.3 is 0 Å². The molecular formula is C22H27N3O3S. The number of fused-ring (bicyclic) bond motifs is 3. The van der Waals surface area contributed by atoms with Gasteiger partial charge in [0, 0.05) is 23.8 Å². The predicted octanol–water partition coefficient (Wildman–Crippen LogP) is 3.35. The molecule has 2 aromatic rings. The normalized spacial score (nSPS) is 23.5. The van der Waals surface area contributed by atoms with E-state index in [4.69, 9.17) is 14.1 Å². The number of hydrogen-bond acceptors (Lipinski definition) is 6. The van der Waals surface area contributed by atoms with Crippen molar-refractivity contribution in [2.45, 2.75) is 63.0 Å². The van der Waals surface area contributed by atoms with Crippen LogP contribution in [0.2, 0.25) is 0 Å². The summed E-state index contributed by atoms with van der Waals surface area (Å²) < 4.78 is 12.3. The summed E-state index contributed by atoms with van der Waals surface area (Å²) in [4.78, 5) is 22.2. The highest BCUT2D eigenvalue weighted by Gasteiger charge is 2.41. The van der Waals surface area contributed by atoms with Crippen LogP contribution in [0.15, 0.2) is 10.5 Å². The third kappa shape index (κ3) is 2.97. The predicted molar refractivity (Wildman–Crippen MR) is 109 cm³/mol. The van der Waals surface area contributed by atoms with E-state index in [1.165, 1.54) is 29.7 Å². The third-order valence-electron chi connectivity index (χ3n) is 7.08. The first-order valence-corrected chi connectivity index (χ1v) is 11.8. The molecule has 0 radical (unpaired) electrons. The van der Waals surface area contributed by atoms with Crippen LogP contribution in [-0.4, -0.2) is 42.0 Å². The third-order valence-corrected chi connectivity index (χ3v) is 8.43. The molecule has 3 aliphatic heterocycles. The first kappa shape index (κ1) is 18.1. The van der Waals surface area contributed by atoms with Crippen molar-refractivity contribution in [3.8, 4) is 0 Å². The number of nitrogens with zero attached hydrogens (tertiary/aromatic N) is 2. The van der Waals surface area contributed by atoms with E-state index in [-0.39, 0.29) is 11.5 Å². The Morgan fingerprint density at radius 2 is 2.14 bits per heavy atom. The first-order chi connectivity index (χ1) is 14.2. The van der Waals surface area contributed by atoms with E-state index in [1.54, 1.807) is 11.3 Å². The standard InChI is InChI=1S/C22H27N3O3S/c26-21(25-10-4-17-16(13-25)24-20(28-17)14-2-1-3-14)18-12-15-5-11-27-22(19(15)29-18)6-8-23-9-7-22/h12,14,23H,1-11,13H2. The Kier molecular flexibility index (Phi) is 4.32. The fourth-order valence-electron chi connectivity index (χ4n) is 5.11. The number of nitrogens with one attached hydrogen (secondary N) is 1. The summed E-state index contributed by atoms with van der Waals surface area (Å²) in [5.41, 5.74) is 2.10. The van der Waals surface area contributed by atoms with Gasteiger partial charge < -0.3 is 19.4 Å². The highest BCUT2D eigenvalue weighted by molar-refractivity contribution is 7.14. The number of piperidine rings is 1. The van der Waals surface area contributed by atoms with E-state index < -0.39 is 0 Å². The highest BCUT2D eigenvalue weighted by atomic mass is 32.1. The topological polar surface area (TPSA) is 67.6 Å². The van der Waals surface area contributed by atoms with Gasteiger partial charge in [-0.25, -0.2) is 4.98 Å². The van der Waals surface area contributed by atoms with Crippen molar-refractivity contribution in [1.29, 1.82) is 0 Å². The minimum Gasteiger partial charge on any atom is -0.445 e. The van der Waals surface area contributed by atoms with Gasteiger partial charge in [-0.3, -0.25) is 4.79 Å². The van der Waals surface area contributed by atoms with Crippen molar-refractivity contribution in [3.05, 3.63) is 38.7 Å². The van der Waals surface area contributed by atoms with Gasteiger partial charge in [0.05, 0.1) is 18.0 Å². The molecule has 154 valence electrons. The number of rotatable bonds is 2. The van der Waals surface area contributed by atoms with Crippen molar-refractivity contribution < 1.29 is 13.9 Å². The van der Waals surface area contributed by atoms with E-state index in [0.29, 0.717) is 19.0 Å². The number of amides is 1. The Balaban J connectivity index is 1.24. The Hall–Kier alpha value is -1.70. The summed E-state index contributed by atoms with van der Waals surface area (Å²) in [6, 6.07) is 2.13. The number of aromatic nitrogens is 1. The van der Waals surface area contributed by atoms with Crippen LogP contribution in [0, 0.1) is 0 Å². The molecule has 1 spiro atoms. The Morgan fingerprint density at radius 3 is 2.93 bits per heavy atom. The fourth-order valence-corrected chi connectivity index (χ4v) is 6.49. The number of hydrogen-bond donors (Lipinski definition) is 1. The number of carbonyl (C=O) groups excluding carboxylic acids is 1. The van der Waals surface area contributed by atoms with Crippen molar-refractivity contribution >= 4 is 17.2 Å². The molecule has 2 aromatic heterocycles. The van der Waals surface area contributed by atoms with Crippen LogP contribution in [0.3, 0.4) is 0 Å². The van der Waals surface area contributed by atoms with E-state index >= 15 is 0 Å². The van der Waals surface area contributed by atoms with Gasteiger partial charge in [-0.2, -0.15) is 0 Å². The Morgan fingerprint density at radius 1 is 1.28 bits per heavy atom. The zero-order valence-corrected chi connectivity index (χ0v) is 17.5. The van der Waals surface area contributed by atoms with E-state index in [0.717, 1.165) is 67.6 Å². The molecule has 1 amide bonds. The lowest BCUT2D eigenvalue weighted by molar-refractivity contribution is -0.0771. The molecule has 0 unspecified atom stereocenters. The number of ether oxygens (including phenoxy) is 1. The van der Waals surface area contributed by atoms with Gasteiger partial charge in [0.15, 0.2) is 5.89 Å².